The summed E-state index contributed by atoms with van der Waals surface area (Å²) in [5.74, 6) is 0. The number of nitrogens with one attached hydrogen (secondary N) is 1. The molecular weight excluding hydrogens is 367 g/mol. The molecule has 2 nitrogen and oxygen atoms in total. The van der Waals surface area contributed by atoms with Gasteiger partial charge in [0.25, 0.3) is 0 Å². The van der Waals surface area contributed by atoms with Gasteiger partial charge in [-0.2, -0.15) is 0 Å². The van der Waals surface area contributed by atoms with Gasteiger partial charge in [-0.25, -0.2) is 0 Å². The van der Waals surface area contributed by atoms with Gasteiger partial charge in [0.15, 0.2) is 4.77 Å². The van der Waals surface area contributed by atoms with Crippen molar-refractivity contribution in [3.05, 3.63) is 26.5 Å². The third-order valence-corrected chi connectivity index (χ3v) is 5.19. The summed E-state index contributed by atoms with van der Waals surface area (Å²) in [6, 6.07) is 7.09. The number of benzene rings is 1. The van der Waals surface area contributed by atoms with Gasteiger partial charge in [-0.3, -0.25) is 0 Å². The molecular formula is C15H19IN2S. The first-order chi connectivity index (χ1) is 8.96. The summed E-state index contributed by atoms with van der Waals surface area (Å²) in [7, 11) is 0. The summed E-state index contributed by atoms with van der Waals surface area (Å²) < 4.78 is 4.47. The normalized spacial score (nSPS) is 22.8. The second-order valence-corrected chi connectivity index (χ2v) is 8.01. The molecule has 0 spiro atoms. The van der Waals surface area contributed by atoms with E-state index in [1.807, 2.05) is 0 Å². The van der Waals surface area contributed by atoms with E-state index in [-0.39, 0.29) is 0 Å². The molecule has 0 radical (unpaired) electrons. The Balaban J connectivity index is 2.09. The largest absolute Gasteiger partial charge is 0.331 e. The predicted octanol–water partition coefficient (Wildman–Crippen LogP) is 5.44. The van der Waals surface area contributed by atoms with E-state index in [0.29, 0.717) is 11.5 Å². The van der Waals surface area contributed by atoms with Gasteiger partial charge >= 0.3 is 0 Å². The molecule has 1 atom stereocenters. The molecule has 0 saturated heterocycles. The van der Waals surface area contributed by atoms with E-state index in [1.54, 1.807) is 0 Å². The highest BCUT2D eigenvalue weighted by Gasteiger charge is 2.29. The van der Waals surface area contributed by atoms with E-state index < -0.39 is 0 Å². The van der Waals surface area contributed by atoms with Crippen LogP contribution >= 0.6 is 34.8 Å². The molecule has 1 unspecified atom stereocenters. The van der Waals surface area contributed by atoms with Gasteiger partial charge in [-0.05, 0) is 77.7 Å². The van der Waals surface area contributed by atoms with Crippen LogP contribution in [0.15, 0.2) is 18.2 Å². The monoisotopic (exact) mass is 386 g/mol. The minimum atomic E-state index is 0.435. The van der Waals surface area contributed by atoms with Gasteiger partial charge in [0.1, 0.15) is 0 Å². The standard InChI is InChI=1S/C15H19IN2S/c1-15(2)7-3-4-11(9-15)18-13-6-5-10(16)8-12(13)17-14(18)19/h5-6,8,11H,3-4,7,9H2,1-2H3,(H,17,19). The second kappa shape index (κ2) is 4.88. The summed E-state index contributed by atoms with van der Waals surface area (Å²) in [5, 5.41) is 0. The molecule has 1 N–H and O–H groups in total. The molecule has 1 aliphatic carbocycles. The Bertz CT molecular complexity index is 668. The topological polar surface area (TPSA) is 20.7 Å². The highest BCUT2D eigenvalue weighted by molar-refractivity contribution is 14.1. The maximum absolute atomic E-state index is 5.56. The molecule has 4 heteroatoms. The summed E-state index contributed by atoms with van der Waals surface area (Å²) >= 11 is 7.90. The lowest BCUT2D eigenvalue weighted by Gasteiger charge is -2.36. The van der Waals surface area contributed by atoms with Crippen molar-refractivity contribution in [3.8, 4) is 0 Å². The minimum Gasteiger partial charge on any atom is -0.331 e. The fourth-order valence-corrected chi connectivity index (χ4v) is 4.19. The van der Waals surface area contributed by atoms with Crippen LogP contribution in [0, 0.1) is 13.8 Å². The Labute approximate surface area is 132 Å². The third-order valence-electron chi connectivity index (χ3n) is 4.22. The number of H-pyrrole nitrogens is 1. The average Bonchev–Trinajstić information content (AvgIpc) is 2.62. The Morgan fingerprint density at radius 2 is 2.21 bits per heavy atom. The quantitative estimate of drug-likeness (QED) is 0.511. The number of rotatable bonds is 1. The zero-order valence-electron chi connectivity index (χ0n) is 11.4. The Hall–Kier alpha value is -0.360. The number of fused-ring (bicyclic) bond motifs is 1. The lowest BCUT2D eigenvalue weighted by molar-refractivity contribution is 0.185. The maximum Gasteiger partial charge on any atom is 0.178 e. The number of aromatic amines is 1. The van der Waals surface area contributed by atoms with Crippen molar-refractivity contribution in [1.82, 2.24) is 9.55 Å². The Morgan fingerprint density at radius 3 is 2.95 bits per heavy atom. The third kappa shape index (κ3) is 2.61. The molecule has 1 heterocycles. The van der Waals surface area contributed by atoms with Gasteiger partial charge < -0.3 is 9.55 Å². The number of aromatic nitrogens is 2. The van der Waals surface area contributed by atoms with Gasteiger partial charge in [-0.1, -0.05) is 20.3 Å². The summed E-state index contributed by atoms with van der Waals surface area (Å²) in [4.78, 5) is 3.37. The fourth-order valence-electron chi connectivity index (χ4n) is 3.34. The van der Waals surface area contributed by atoms with E-state index in [1.165, 1.54) is 40.3 Å². The fraction of sp³-hybridized carbons (Fsp3) is 0.533. The van der Waals surface area contributed by atoms with Crippen molar-refractivity contribution >= 4 is 45.8 Å². The van der Waals surface area contributed by atoms with Crippen LogP contribution in [0.25, 0.3) is 11.0 Å². The number of nitrogens with zero attached hydrogens (tertiary/aromatic N) is 1. The minimum absolute atomic E-state index is 0.435. The van der Waals surface area contributed by atoms with Gasteiger partial charge in [-0.15, -0.1) is 0 Å². The predicted molar refractivity (Wildman–Crippen MR) is 91.1 cm³/mol. The van der Waals surface area contributed by atoms with E-state index in [9.17, 15) is 0 Å². The number of hydrogen-bond acceptors (Lipinski definition) is 1. The van der Waals surface area contributed by atoms with Crippen molar-refractivity contribution in [1.29, 1.82) is 0 Å². The molecule has 2 aromatic rings. The summed E-state index contributed by atoms with van der Waals surface area (Å²) in [5.41, 5.74) is 2.86. The molecule has 0 aliphatic heterocycles. The van der Waals surface area contributed by atoms with E-state index in [0.717, 1.165) is 4.77 Å². The van der Waals surface area contributed by atoms with E-state index in [4.69, 9.17) is 12.2 Å². The van der Waals surface area contributed by atoms with Gasteiger partial charge in [0, 0.05) is 9.61 Å². The maximum atomic E-state index is 5.56. The van der Waals surface area contributed by atoms with Crippen molar-refractivity contribution in [2.24, 2.45) is 5.41 Å². The van der Waals surface area contributed by atoms with Crippen LogP contribution in [0.3, 0.4) is 0 Å². The van der Waals surface area contributed by atoms with Crippen LogP contribution in [0.2, 0.25) is 0 Å². The first-order valence-corrected chi connectivity index (χ1v) is 8.35. The van der Waals surface area contributed by atoms with Crippen LogP contribution in [0.4, 0.5) is 0 Å². The van der Waals surface area contributed by atoms with Crippen LogP contribution in [-0.4, -0.2) is 9.55 Å². The van der Waals surface area contributed by atoms with E-state index >= 15 is 0 Å². The number of halogens is 1. The zero-order chi connectivity index (χ0) is 13.6. The first-order valence-electron chi connectivity index (χ1n) is 6.86. The van der Waals surface area contributed by atoms with Crippen molar-refractivity contribution < 1.29 is 0 Å². The molecule has 1 aromatic heterocycles. The van der Waals surface area contributed by atoms with Crippen molar-refractivity contribution in [2.45, 2.75) is 45.6 Å². The molecule has 3 rings (SSSR count). The van der Waals surface area contributed by atoms with Crippen molar-refractivity contribution in [3.63, 3.8) is 0 Å². The van der Waals surface area contributed by atoms with Crippen LogP contribution in [0.5, 0.6) is 0 Å². The zero-order valence-corrected chi connectivity index (χ0v) is 14.3. The van der Waals surface area contributed by atoms with Crippen molar-refractivity contribution in [2.75, 3.05) is 0 Å². The molecule has 102 valence electrons. The lowest BCUT2D eigenvalue weighted by Crippen LogP contribution is -2.25. The molecule has 1 saturated carbocycles. The molecule has 19 heavy (non-hydrogen) atoms. The highest BCUT2D eigenvalue weighted by atomic mass is 127. The molecule has 1 aromatic carbocycles. The Kier molecular flexibility index (Phi) is 3.50. The number of hydrogen-bond donors (Lipinski definition) is 1. The SMILES string of the molecule is CC1(C)CCCC(n2c(=S)[nH]c3cc(I)ccc32)C1. The van der Waals surface area contributed by atoms with Crippen LogP contribution in [0.1, 0.15) is 45.6 Å². The molecule has 1 aliphatic rings. The first kappa shape index (κ1) is 13.6. The van der Waals surface area contributed by atoms with Gasteiger partial charge in [0.2, 0.25) is 0 Å². The molecule has 0 bridgehead atoms. The Morgan fingerprint density at radius 1 is 1.42 bits per heavy atom. The molecule has 1 fully saturated rings. The lowest BCUT2D eigenvalue weighted by atomic mass is 9.75. The van der Waals surface area contributed by atoms with Gasteiger partial charge in [0.05, 0.1) is 11.0 Å². The second-order valence-electron chi connectivity index (χ2n) is 6.38. The summed E-state index contributed by atoms with van der Waals surface area (Å²) in [6.45, 7) is 4.75. The smallest absolute Gasteiger partial charge is 0.178 e. The number of imidazole rings is 1. The highest BCUT2D eigenvalue weighted by Crippen LogP contribution is 2.42. The molecule has 0 amide bonds. The van der Waals surface area contributed by atoms with Crippen LogP contribution < -0.4 is 0 Å². The average molecular weight is 386 g/mol. The summed E-state index contributed by atoms with van der Waals surface area (Å²) in [6.07, 6.45) is 5.10. The van der Waals surface area contributed by atoms with E-state index in [2.05, 4.69) is 64.2 Å². The van der Waals surface area contributed by atoms with Crippen LogP contribution in [-0.2, 0) is 0 Å².